The third kappa shape index (κ3) is 2.31. The van der Waals surface area contributed by atoms with E-state index in [1.54, 1.807) is 4.43 Å². The first-order chi connectivity index (χ1) is 5.04. The van der Waals surface area contributed by atoms with Gasteiger partial charge in [0.15, 0.2) is 0 Å². The molecule has 2 heteroatoms. The third-order valence-electron chi connectivity index (χ3n) is 2.74. The summed E-state index contributed by atoms with van der Waals surface area (Å²) in [4.78, 5) is 0. The molecule has 0 spiro atoms. The van der Waals surface area contributed by atoms with Gasteiger partial charge in [0, 0.05) is 25.8 Å². The summed E-state index contributed by atoms with van der Waals surface area (Å²) in [6.07, 6.45) is 0. The molecule has 0 N–H and O–H groups in total. The van der Waals surface area contributed by atoms with Gasteiger partial charge in [0.25, 0.3) is 16.3 Å². The van der Waals surface area contributed by atoms with Crippen molar-refractivity contribution in [3.8, 4) is 0 Å². The van der Waals surface area contributed by atoms with E-state index in [2.05, 4.69) is 33.8 Å². The van der Waals surface area contributed by atoms with Gasteiger partial charge in [0.2, 0.25) is 0 Å². The zero-order valence-electron chi connectivity index (χ0n) is 8.58. The van der Waals surface area contributed by atoms with E-state index in [-0.39, 0.29) is 25.8 Å². The van der Waals surface area contributed by atoms with Crippen LogP contribution in [0.5, 0.6) is 0 Å². The molecule has 0 nitrogen and oxygen atoms in total. The van der Waals surface area contributed by atoms with Gasteiger partial charge >= 0.3 is 0 Å². The summed E-state index contributed by atoms with van der Waals surface area (Å²) in [6, 6.07) is 2.28. The topological polar surface area (TPSA) is 0 Å². The maximum Gasteiger partial charge on any atom is 0.259 e. The number of benzene rings is 1. The molecule has 0 unspecified atom stereocenters. The van der Waals surface area contributed by atoms with Crippen LogP contribution in [0.1, 0.15) is 22.3 Å². The SMILES string of the molecule is Cc1cc(C)c(C)[c]([AlH2])c1C.[Hf]. The molecule has 0 aliphatic carbocycles. The number of rotatable bonds is 0. The zero-order valence-corrected chi connectivity index (χ0v) is 14.2. The van der Waals surface area contributed by atoms with Crippen molar-refractivity contribution in [1.82, 2.24) is 0 Å². The van der Waals surface area contributed by atoms with Crippen LogP contribution in [0.15, 0.2) is 6.07 Å². The normalized spacial score (nSPS) is 9.33. The van der Waals surface area contributed by atoms with Gasteiger partial charge in [-0.25, -0.2) is 0 Å². The van der Waals surface area contributed by atoms with Crippen LogP contribution in [-0.2, 0) is 25.8 Å². The van der Waals surface area contributed by atoms with Crippen molar-refractivity contribution < 1.29 is 25.8 Å². The molecule has 0 aliphatic rings. The minimum atomic E-state index is 0. The second kappa shape index (κ2) is 4.75. The van der Waals surface area contributed by atoms with Crippen LogP contribution in [-0.4, -0.2) is 16.3 Å². The largest absolute Gasteiger partial charge is 0.259 e. The van der Waals surface area contributed by atoms with Crippen molar-refractivity contribution in [2.24, 2.45) is 0 Å². The summed E-state index contributed by atoms with van der Waals surface area (Å²) in [6.45, 7) is 8.85. The number of hydrogen-bond donors (Lipinski definition) is 0. The first kappa shape index (κ1) is 12.6. The first-order valence-corrected chi connectivity index (χ1v) is 5.08. The van der Waals surface area contributed by atoms with Gasteiger partial charge in [0.1, 0.15) is 0 Å². The molecule has 0 saturated carbocycles. The average molecular weight is 341 g/mol. The van der Waals surface area contributed by atoms with E-state index in [1.807, 2.05) is 0 Å². The Hall–Kier alpha value is 0.623. The maximum atomic E-state index is 2.28. The standard InChI is InChI=1S/C10H13.Al.Hf.2H/c1-7-5-9(3)10(4)6-8(7)2;;;;/h5H,1-4H3;;;;. The Morgan fingerprint density at radius 3 is 1.58 bits per heavy atom. The van der Waals surface area contributed by atoms with Crippen molar-refractivity contribution in [2.45, 2.75) is 27.7 Å². The summed E-state index contributed by atoms with van der Waals surface area (Å²) in [5.41, 5.74) is 5.88. The van der Waals surface area contributed by atoms with E-state index in [4.69, 9.17) is 0 Å². The molecule has 12 heavy (non-hydrogen) atoms. The van der Waals surface area contributed by atoms with Gasteiger partial charge in [-0.1, -0.05) is 17.2 Å². The molecule has 0 saturated heterocycles. The average Bonchev–Trinajstić information content (AvgIpc) is 1.97. The van der Waals surface area contributed by atoms with E-state index in [9.17, 15) is 0 Å². The van der Waals surface area contributed by atoms with Crippen LogP contribution in [0.2, 0.25) is 0 Å². The minimum Gasteiger partial charge on any atom is -0.115 e. The molecular formula is C10H15AlHf. The molecule has 1 aromatic rings. The minimum absolute atomic E-state index is 0. The van der Waals surface area contributed by atoms with Gasteiger partial charge in [-0.3, -0.25) is 0 Å². The van der Waals surface area contributed by atoms with E-state index in [0.29, 0.717) is 0 Å². The van der Waals surface area contributed by atoms with Crippen LogP contribution in [0.4, 0.5) is 0 Å². The Morgan fingerprint density at radius 2 is 1.25 bits per heavy atom. The Labute approximate surface area is 102 Å². The predicted molar refractivity (Wildman–Crippen MR) is 53.6 cm³/mol. The maximum absolute atomic E-state index is 2.28. The fraction of sp³-hybridized carbons (Fsp3) is 0.400. The monoisotopic (exact) mass is 342 g/mol. The molecule has 0 aliphatic heterocycles. The molecule has 0 heterocycles. The van der Waals surface area contributed by atoms with E-state index in [1.165, 1.54) is 38.5 Å². The second-order valence-electron chi connectivity index (χ2n) is 3.39. The van der Waals surface area contributed by atoms with Crippen molar-refractivity contribution in [3.63, 3.8) is 0 Å². The van der Waals surface area contributed by atoms with Crippen molar-refractivity contribution in [3.05, 3.63) is 28.3 Å². The molecule has 0 aromatic heterocycles. The van der Waals surface area contributed by atoms with Gasteiger partial charge < -0.3 is 0 Å². The number of hydrogen-bond acceptors (Lipinski definition) is 0. The predicted octanol–water partition coefficient (Wildman–Crippen LogP) is 1.18. The summed E-state index contributed by atoms with van der Waals surface area (Å²) < 4.78 is 1.59. The third-order valence-corrected chi connectivity index (χ3v) is 4.24. The van der Waals surface area contributed by atoms with Crippen LogP contribution in [0.3, 0.4) is 0 Å². The summed E-state index contributed by atoms with van der Waals surface area (Å²) >= 11 is 1.18. The van der Waals surface area contributed by atoms with Crippen molar-refractivity contribution in [1.29, 1.82) is 0 Å². The van der Waals surface area contributed by atoms with E-state index in [0.717, 1.165) is 0 Å². The zero-order chi connectivity index (χ0) is 8.59. The fourth-order valence-corrected chi connectivity index (χ4v) is 2.20. The van der Waals surface area contributed by atoms with Crippen LogP contribution >= 0.6 is 0 Å². The Morgan fingerprint density at radius 1 is 0.917 bits per heavy atom. The summed E-state index contributed by atoms with van der Waals surface area (Å²) in [5, 5.41) is 0. The van der Waals surface area contributed by atoms with Gasteiger partial charge in [-0.2, -0.15) is 0 Å². The van der Waals surface area contributed by atoms with Gasteiger partial charge in [0.05, 0.1) is 0 Å². The molecule has 0 fully saturated rings. The molecule has 0 amide bonds. The molecule has 1 aromatic carbocycles. The van der Waals surface area contributed by atoms with Gasteiger partial charge in [-0.15, -0.1) is 4.43 Å². The Kier molecular flexibility index (Phi) is 4.99. The summed E-state index contributed by atoms with van der Waals surface area (Å²) in [5.74, 6) is 0. The molecule has 1 rings (SSSR count). The van der Waals surface area contributed by atoms with Crippen LogP contribution < -0.4 is 4.43 Å². The molecule has 0 radical (unpaired) electrons. The summed E-state index contributed by atoms with van der Waals surface area (Å²) in [7, 11) is 0. The fourth-order valence-electron chi connectivity index (χ4n) is 1.41. The van der Waals surface area contributed by atoms with Crippen molar-refractivity contribution in [2.75, 3.05) is 0 Å². The Balaban J connectivity index is 0.00000121. The molecule has 0 atom stereocenters. The van der Waals surface area contributed by atoms with Gasteiger partial charge in [-0.05, 0) is 38.8 Å². The van der Waals surface area contributed by atoms with Crippen LogP contribution in [0.25, 0.3) is 0 Å². The van der Waals surface area contributed by atoms with E-state index < -0.39 is 0 Å². The van der Waals surface area contributed by atoms with E-state index >= 15 is 0 Å². The number of aryl methyl sites for hydroxylation is 2. The van der Waals surface area contributed by atoms with Crippen molar-refractivity contribution >= 4 is 20.7 Å². The molecule has 0 bridgehead atoms. The second-order valence-corrected chi connectivity index (χ2v) is 4.39. The van der Waals surface area contributed by atoms with Crippen LogP contribution in [0, 0.1) is 27.7 Å². The molecule has 62 valence electrons. The Bertz CT molecular complexity index is 266. The first-order valence-electron chi connectivity index (χ1n) is 4.08. The smallest absolute Gasteiger partial charge is 0.115 e. The molecular weight excluding hydrogens is 326 g/mol. The quantitative estimate of drug-likeness (QED) is 0.622.